The van der Waals surface area contributed by atoms with Crippen molar-refractivity contribution in [3.63, 3.8) is 0 Å². The number of amides is 3. The summed E-state index contributed by atoms with van der Waals surface area (Å²) < 4.78 is 5.66. The van der Waals surface area contributed by atoms with Crippen LogP contribution < -0.4 is 10.2 Å². The maximum Gasteiger partial charge on any atom is 0.282 e. The number of hydrazine groups is 1. The summed E-state index contributed by atoms with van der Waals surface area (Å²) in [5.41, 5.74) is 1.53. The maximum absolute atomic E-state index is 12.5. The van der Waals surface area contributed by atoms with Crippen molar-refractivity contribution in [2.24, 2.45) is 0 Å². The molecule has 0 unspecified atom stereocenters. The van der Waals surface area contributed by atoms with Crippen molar-refractivity contribution in [1.82, 2.24) is 10.4 Å². The summed E-state index contributed by atoms with van der Waals surface area (Å²) in [6, 6.07) is 12.9. The van der Waals surface area contributed by atoms with E-state index < -0.39 is 23.3 Å². The molecule has 0 aromatic heterocycles. The molecule has 2 aromatic carbocycles. The number of hydrogen-bond donors (Lipinski definition) is 1. The van der Waals surface area contributed by atoms with Crippen molar-refractivity contribution in [3.8, 4) is 5.75 Å². The minimum absolute atomic E-state index is 0.254. The van der Waals surface area contributed by atoms with Gasteiger partial charge < -0.3 is 4.74 Å². The van der Waals surface area contributed by atoms with Crippen LogP contribution in [0.3, 0.4) is 0 Å². The molecular formula is C18H15ClN2O4. The lowest BCUT2D eigenvalue weighted by molar-refractivity contribution is -0.137. The highest BCUT2D eigenvalue weighted by Crippen LogP contribution is 2.23. The topological polar surface area (TPSA) is 75.7 Å². The Kier molecular flexibility index (Phi) is 4.22. The molecule has 0 fully saturated rings. The average molecular weight is 359 g/mol. The molecular weight excluding hydrogens is 344 g/mol. The van der Waals surface area contributed by atoms with Crippen molar-refractivity contribution >= 4 is 29.3 Å². The van der Waals surface area contributed by atoms with Crippen molar-refractivity contribution < 1.29 is 19.1 Å². The maximum atomic E-state index is 12.5. The highest BCUT2D eigenvalue weighted by atomic mass is 35.5. The first kappa shape index (κ1) is 17.0. The molecule has 3 amide bonds. The predicted molar refractivity (Wildman–Crippen MR) is 91.2 cm³/mol. The normalized spacial score (nSPS) is 13.6. The molecule has 0 bridgehead atoms. The lowest BCUT2D eigenvalue weighted by Crippen LogP contribution is -2.55. The smallest absolute Gasteiger partial charge is 0.282 e. The zero-order valence-corrected chi connectivity index (χ0v) is 14.3. The second-order valence-corrected chi connectivity index (χ2v) is 6.43. The molecule has 0 aliphatic carbocycles. The van der Waals surface area contributed by atoms with E-state index in [1.807, 2.05) is 0 Å². The van der Waals surface area contributed by atoms with Gasteiger partial charge in [-0.15, -0.1) is 0 Å². The standard InChI is InChI=1S/C18H15ClN2O4/c1-18(2,25-12-9-7-11(19)8-10-12)17(24)20-21-15(22)13-5-3-4-6-14(13)16(21)23/h3-10H,1-2H3,(H,20,24). The van der Waals surface area contributed by atoms with Gasteiger partial charge in [-0.25, -0.2) is 0 Å². The van der Waals surface area contributed by atoms with Crippen LogP contribution in [0, 0.1) is 0 Å². The number of carbonyl (C=O) groups excluding carboxylic acids is 3. The van der Waals surface area contributed by atoms with E-state index in [0.29, 0.717) is 15.8 Å². The number of halogens is 1. The summed E-state index contributed by atoms with van der Waals surface area (Å²) in [6.45, 7) is 3.07. The van der Waals surface area contributed by atoms with E-state index in [2.05, 4.69) is 5.43 Å². The first-order valence-corrected chi connectivity index (χ1v) is 7.91. The first-order valence-electron chi connectivity index (χ1n) is 7.53. The SMILES string of the molecule is CC(C)(Oc1ccc(Cl)cc1)C(=O)NN1C(=O)c2ccccc2C1=O. The first-order chi connectivity index (χ1) is 11.8. The Balaban J connectivity index is 1.74. The predicted octanol–water partition coefficient (Wildman–Crippen LogP) is 2.82. The van der Waals surface area contributed by atoms with E-state index in [1.54, 1.807) is 36.4 Å². The molecule has 1 N–H and O–H groups in total. The summed E-state index contributed by atoms with van der Waals surface area (Å²) in [7, 11) is 0. The number of benzene rings is 2. The highest BCUT2D eigenvalue weighted by Gasteiger charge is 2.40. The zero-order chi connectivity index (χ0) is 18.2. The fraction of sp³-hybridized carbons (Fsp3) is 0.167. The Hall–Kier alpha value is -2.86. The molecule has 0 spiro atoms. The van der Waals surface area contributed by atoms with Crippen molar-refractivity contribution in [3.05, 3.63) is 64.7 Å². The van der Waals surface area contributed by atoms with Crippen LogP contribution in [-0.4, -0.2) is 28.3 Å². The van der Waals surface area contributed by atoms with Crippen LogP contribution in [0.5, 0.6) is 5.75 Å². The van der Waals surface area contributed by atoms with Gasteiger partial charge in [0.1, 0.15) is 5.75 Å². The largest absolute Gasteiger partial charge is 0.478 e. The van der Waals surface area contributed by atoms with Gasteiger partial charge in [-0.2, -0.15) is 5.01 Å². The van der Waals surface area contributed by atoms with Crippen molar-refractivity contribution in [1.29, 1.82) is 0 Å². The zero-order valence-electron chi connectivity index (χ0n) is 13.6. The van der Waals surface area contributed by atoms with Crippen LogP contribution in [0.2, 0.25) is 5.02 Å². The van der Waals surface area contributed by atoms with Crippen LogP contribution in [-0.2, 0) is 4.79 Å². The molecule has 1 heterocycles. The van der Waals surface area contributed by atoms with Gasteiger partial charge in [-0.1, -0.05) is 23.7 Å². The number of hydrogen-bond acceptors (Lipinski definition) is 4. The van der Waals surface area contributed by atoms with E-state index in [1.165, 1.54) is 26.0 Å². The summed E-state index contributed by atoms with van der Waals surface area (Å²) in [6.07, 6.45) is 0. The van der Waals surface area contributed by atoms with Crippen LogP contribution in [0.25, 0.3) is 0 Å². The van der Waals surface area contributed by atoms with E-state index in [-0.39, 0.29) is 11.1 Å². The number of nitrogens with one attached hydrogen (secondary N) is 1. The van der Waals surface area contributed by atoms with Crippen molar-refractivity contribution in [2.75, 3.05) is 0 Å². The second kappa shape index (κ2) is 6.22. The Morgan fingerprint density at radius 1 is 1.00 bits per heavy atom. The fourth-order valence-electron chi connectivity index (χ4n) is 2.37. The third-order valence-corrected chi connectivity index (χ3v) is 3.99. The Morgan fingerprint density at radius 2 is 1.52 bits per heavy atom. The Bertz CT molecular complexity index is 827. The van der Waals surface area contributed by atoms with E-state index in [9.17, 15) is 14.4 Å². The minimum Gasteiger partial charge on any atom is -0.478 e. The monoisotopic (exact) mass is 358 g/mol. The van der Waals surface area contributed by atoms with Crippen LogP contribution in [0.1, 0.15) is 34.6 Å². The van der Waals surface area contributed by atoms with Gasteiger partial charge in [0, 0.05) is 5.02 Å². The Morgan fingerprint density at radius 3 is 2.04 bits per heavy atom. The van der Waals surface area contributed by atoms with Crippen LogP contribution >= 0.6 is 11.6 Å². The Labute approximate surface area is 149 Å². The lowest BCUT2D eigenvalue weighted by Gasteiger charge is -2.27. The van der Waals surface area contributed by atoms with Crippen LogP contribution in [0.4, 0.5) is 0 Å². The summed E-state index contributed by atoms with van der Waals surface area (Å²) >= 11 is 5.82. The third kappa shape index (κ3) is 3.21. The molecule has 0 saturated heterocycles. The van der Waals surface area contributed by atoms with Gasteiger partial charge in [0.05, 0.1) is 11.1 Å². The van der Waals surface area contributed by atoms with E-state index >= 15 is 0 Å². The summed E-state index contributed by atoms with van der Waals surface area (Å²) in [5, 5.41) is 1.25. The molecule has 7 heteroatoms. The van der Waals surface area contributed by atoms with Gasteiger partial charge in [0.25, 0.3) is 17.7 Å². The molecule has 1 aliphatic rings. The fourth-order valence-corrected chi connectivity index (χ4v) is 2.50. The number of nitrogens with zero attached hydrogens (tertiary/aromatic N) is 1. The number of imide groups is 1. The molecule has 1 aliphatic heterocycles. The number of ether oxygens (including phenoxy) is 1. The highest BCUT2D eigenvalue weighted by molar-refractivity contribution is 6.30. The van der Waals surface area contributed by atoms with Gasteiger partial charge in [0.2, 0.25) is 0 Å². The molecule has 25 heavy (non-hydrogen) atoms. The number of rotatable bonds is 4. The molecule has 2 aromatic rings. The molecule has 0 atom stereocenters. The third-order valence-electron chi connectivity index (χ3n) is 3.74. The quantitative estimate of drug-likeness (QED) is 0.853. The van der Waals surface area contributed by atoms with Gasteiger partial charge >= 0.3 is 0 Å². The van der Waals surface area contributed by atoms with Gasteiger partial charge in [-0.05, 0) is 50.2 Å². The molecule has 0 saturated carbocycles. The summed E-state index contributed by atoms with van der Waals surface area (Å²) in [4.78, 5) is 37.1. The molecule has 6 nitrogen and oxygen atoms in total. The summed E-state index contributed by atoms with van der Waals surface area (Å²) in [5.74, 6) is -1.34. The van der Waals surface area contributed by atoms with Crippen LogP contribution in [0.15, 0.2) is 48.5 Å². The van der Waals surface area contributed by atoms with Gasteiger partial charge in [-0.3, -0.25) is 19.8 Å². The molecule has 3 rings (SSSR count). The average Bonchev–Trinajstić information content (AvgIpc) is 2.82. The molecule has 128 valence electrons. The van der Waals surface area contributed by atoms with Crippen molar-refractivity contribution in [2.45, 2.75) is 19.4 Å². The van der Waals surface area contributed by atoms with E-state index in [0.717, 1.165) is 0 Å². The lowest BCUT2D eigenvalue weighted by atomic mass is 10.1. The number of carbonyl (C=O) groups is 3. The van der Waals surface area contributed by atoms with E-state index in [4.69, 9.17) is 16.3 Å². The number of fused-ring (bicyclic) bond motifs is 1. The molecule has 0 radical (unpaired) electrons. The second-order valence-electron chi connectivity index (χ2n) is 6.00. The minimum atomic E-state index is -1.32. The van der Waals surface area contributed by atoms with Gasteiger partial charge in [0.15, 0.2) is 5.60 Å².